The third-order valence-corrected chi connectivity index (χ3v) is 7.40. The minimum Gasteiger partial charge on any atom is -0.378 e. The second kappa shape index (κ2) is 8.81. The number of amides is 1. The first-order valence-corrected chi connectivity index (χ1v) is 12.3. The molecule has 10 heteroatoms. The summed E-state index contributed by atoms with van der Waals surface area (Å²) in [4.78, 5) is 26.7. The quantitative estimate of drug-likeness (QED) is 0.609. The van der Waals surface area contributed by atoms with E-state index in [4.69, 9.17) is 4.74 Å². The molecule has 3 aromatic rings. The van der Waals surface area contributed by atoms with Crippen molar-refractivity contribution in [3.8, 4) is 0 Å². The fraction of sp³-hybridized carbons (Fsp3) is 0.333. The molecule has 1 fully saturated rings. The Morgan fingerprint density at radius 2 is 1.90 bits per heavy atom. The average Bonchev–Trinajstić information content (AvgIpc) is 3.09. The van der Waals surface area contributed by atoms with E-state index < -0.39 is 10.0 Å². The number of anilines is 1. The Kier molecular flexibility index (Phi) is 6.12. The molecule has 0 radical (unpaired) electrons. The van der Waals surface area contributed by atoms with E-state index in [2.05, 4.69) is 4.72 Å². The van der Waals surface area contributed by atoms with Gasteiger partial charge in [0.1, 0.15) is 0 Å². The van der Waals surface area contributed by atoms with Gasteiger partial charge in [0, 0.05) is 19.6 Å². The molecule has 164 valence electrons. The molecule has 0 saturated carbocycles. The van der Waals surface area contributed by atoms with E-state index in [1.54, 1.807) is 39.8 Å². The van der Waals surface area contributed by atoms with Crippen LogP contribution in [0.3, 0.4) is 0 Å². The number of para-hydroxylation sites is 1. The molecular weight excluding hydrogens is 438 g/mol. The van der Waals surface area contributed by atoms with Gasteiger partial charge in [-0.1, -0.05) is 30.4 Å². The Labute approximate surface area is 184 Å². The minimum atomic E-state index is -3.96. The van der Waals surface area contributed by atoms with Gasteiger partial charge >= 0.3 is 4.87 Å². The van der Waals surface area contributed by atoms with Crippen molar-refractivity contribution in [1.29, 1.82) is 0 Å². The summed E-state index contributed by atoms with van der Waals surface area (Å²) in [5.41, 5.74) is 1.22. The smallest absolute Gasteiger partial charge is 0.308 e. The molecule has 1 aromatic heterocycles. The van der Waals surface area contributed by atoms with Crippen LogP contribution < -0.4 is 9.60 Å². The maximum absolute atomic E-state index is 13.1. The minimum absolute atomic E-state index is 0.0403. The number of fused-ring (bicyclic) bond motifs is 1. The standard InChI is InChI=1S/C21H23N3O5S2/c1-2-9-24-18-8-7-15(14-19(18)30-21(24)26)31(27,28)22-17-6-4-3-5-16(17)20(25)23-10-12-29-13-11-23/h3-8,14,22H,2,9-13H2,1H3. The lowest BCUT2D eigenvalue weighted by atomic mass is 10.1. The topological polar surface area (TPSA) is 97.7 Å². The van der Waals surface area contributed by atoms with Crippen LogP contribution in [0, 0.1) is 0 Å². The highest BCUT2D eigenvalue weighted by molar-refractivity contribution is 7.92. The van der Waals surface area contributed by atoms with Crippen LogP contribution in [-0.4, -0.2) is 50.1 Å². The van der Waals surface area contributed by atoms with Crippen LogP contribution in [0.5, 0.6) is 0 Å². The third-order valence-electron chi connectivity index (χ3n) is 5.10. The molecular formula is C21H23N3O5S2. The van der Waals surface area contributed by atoms with Gasteiger partial charge in [-0.05, 0) is 36.8 Å². The van der Waals surface area contributed by atoms with E-state index >= 15 is 0 Å². The van der Waals surface area contributed by atoms with Gasteiger partial charge in [0.2, 0.25) is 0 Å². The van der Waals surface area contributed by atoms with E-state index in [0.717, 1.165) is 23.3 Å². The number of sulfonamides is 1. The van der Waals surface area contributed by atoms with Crippen LogP contribution in [0.25, 0.3) is 10.2 Å². The van der Waals surface area contributed by atoms with Crippen LogP contribution >= 0.6 is 11.3 Å². The zero-order valence-electron chi connectivity index (χ0n) is 17.0. The Morgan fingerprint density at radius 3 is 2.65 bits per heavy atom. The molecule has 4 rings (SSSR count). The van der Waals surface area contributed by atoms with Gasteiger partial charge in [0.25, 0.3) is 15.9 Å². The summed E-state index contributed by atoms with van der Waals surface area (Å²) < 4.78 is 36.3. The normalized spacial score (nSPS) is 14.7. The highest BCUT2D eigenvalue weighted by Crippen LogP contribution is 2.25. The van der Waals surface area contributed by atoms with Crippen LogP contribution in [-0.2, 0) is 21.3 Å². The van der Waals surface area contributed by atoms with Crippen LogP contribution in [0.4, 0.5) is 5.69 Å². The number of aryl methyl sites for hydroxylation is 1. The molecule has 31 heavy (non-hydrogen) atoms. The van der Waals surface area contributed by atoms with Crippen molar-refractivity contribution >= 4 is 43.2 Å². The van der Waals surface area contributed by atoms with Gasteiger partial charge in [-0.2, -0.15) is 0 Å². The largest absolute Gasteiger partial charge is 0.378 e. The SMILES string of the molecule is CCCn1c(=O)sc2cc(S(=O)(=O)Nc3ccccc3C(=O)N3CCOCC3)ccc21. The highest BCUT2D eigenvalue weighted by Gasteiger charge is 2.24. The summed E-state index contributed by atoms with van der Waals surface area (Å²) in [6.07, 6.45) is 0.807. The number of nitrogens with zero attached hydrogens (tertiary/aromatic N) is 2. The van der Waals surface area contributed by atoms with Gasteiger partial charge in [0.05, 0.1) is 39.6 Å². The molecule has 8 nitrogen and oxygen atoms in total. The number of rotatable bonds is 6. The molecule has 0 bridgehead atoms. The molecule has 1 saturated heterocycles. The maximum Gasteiger partial charge on any atom is 0.308 e. The first-order valence-electron chi connectivity index (χ1n) is 10.0. The molecule has 1 amide bonds. The number of benzene rings is 2. The molecule has 1 aliphatic heterocycles. The number of hydrogen-bond acceptors (Lipinski definition) is 6. The Hall–Kier alpha value is -2.69. The van der Waals surface area contributed by atoms with Gasteiger partial charge < -0.3 is 9.64 Å². The molecule has 1 N–H and O–H groups in total. The molecule has 2 heterocycles. The van der Waals surface area contributed by atoms with Crippen molar-refractivity contribution in [3.63, 3.8) is 0 Å². The monoisotopic (exact) mass is 461 g/mol. The molecule has 2 aromatic carbocycles. The molecule has 0 unspecified atom stereocenters. The first kappa shape index (κ1) is 21.5. The van der Waals surface area contributed by atoms with E-state index in [1.165, 1.54) is 12.1 Å². The van der Waals surface area contributed by atoms with E-state index in [-0.39, 0.29) is 26.9 Å². The number of carbonyl (C=O) groups is 1. The lowest BCUT2D eigenvalue weighted by Crippen LogP contribution is -2.41. The molecule has 1 aliphatic rings. The van der Waals surface area contributed by atoms with E-state index in [9.17, 15) is 18.0 Å². The number of hydrogen-bond donors (Lipinski definition) is 1. The summed E-state index contributed by atoms with van der Waals surface area (Å²) >= 11 is 1.02. The first-order chi connectivity index (χ1) is 14.9. The number of ether oxygens (including phenoxy) is 1. The predicted octanol–water partition coefficient (Wildman–Crippen LogP) is 2.75. The van der Waals surface area contributed by atoms with Gasteiger partial charge in [-0.15, -0.1) is 0 Å². The summed E-state index contributed by atoms with van der Waals surface area (Å²) in [7, 11) is -3.96. The highest BCUT2D eigenvalue weighted by atomic mass is 32.2. The maximum atomic E-state index is 13.1. The zero-order valence-corrected chi connectivity index (χ0v) is 18.7. The second-order valence-electron chi connectivity index (χ2n) is 7.20. The summed E-state index contributed by atoms with van der Waals surface area (Å²) in [6.45, 7) is 4.41. The van der Waals surface area contributed by atoms with Crippen molar-refractivity contribution in [2.75, 3.05) is 31.0 Å². The fourth-order valence-corrected chi connectivity index (χ4v) is 5.69. The Morgan fingerprint density at radius 1 is 1.16 bits per heavy atom. The molecule has 0 aliphatic carbocycles. The zero-order chi connectivity index (χ0) is 22.0. The van der Waals surface area contributed by atoms with E-state index in [0.29, 0.717) is 37.5 Å². The molecule has 0 atom stereocenters. The van der Waals surface area contributed by atoms with Crippen LogP contribution in [0.1, 0.15) is 23.7 Å². The lowest BCUT2D eigenvalue weighted by Gasteiger charge is -2.27. The van der Waals surface area contributed by atoms with Crippen molar-refractivity contribution in [2.45, 2.75) is 24.8 Å². The van der Waals surface area contributed by atoms with Gasteiger partial charge in [0.15, 0.2) is 0 Å². The second-order valence-corrected chi connectivity index (χ2v) is 9.88. The number of morpholine rings is 1. The van der Waals surface area contributed by atoms with Crippen LogP contribution in [0.2, 0.25) is 0 Å². The van der Waals surface area contributed by atoms with E-state index in [1.807, 2.05) is 6.92 Å². The Balaban J connectivity index is 1.65. The number of aromatic nitrogens is 1. The van der Waals surface area contributed by atoms with Crippen molar-refractivity contribution in [1.82, 2.24) is 9.47 Å². The summed E-state index contributed by atoms with van der Waals surface area (Å²) in [6, 6.07) is 11.2. The number of thiazole rings is 1. The summed E-state index contributed by atoms with van der Waals surface area (Å²) in [5.74, 6) is -0.244. The number of nitrogens with one attached hydrogen (secondary N) is 1. The number of carbonyl (C=O) groups excluding carboxylic acids is 1. The van der Waals surface area contributed by atoms with Crippen molar-refractivity contribution in [3.05, 3.63) is 57.7 Å². The Bertz CT molecular complexity index is 1270. The van der Waals surface area contributed by atoms with Gasteiger partial charge in [-0.3, -0.25) is 18.9 Å². The summed E-state index contributed by atoms with van der Waals surface area (Å²) in [5, 5.41) is 0. The lowest BCUT2D eigenvalue weighted by molar-refractivity contribution is 0.0303. The van der Waals surface area contributed by atoms with Gasteiger partial charge in [-0.25, -0.2) is 8.42 Å². The molecule has 0 spiro atoms. The third kappa shape index (κ3) is 4.36. The van der Waals surface area contributed by atoms with Crippen molar-refractivity contribution < 1.29 is 17.9 Å². The van der Waals surface area contributed by atoms with Crippen LogP contribution in [0.15, 0.2) is 52.2 Å². The fourth-order valence-electron chi connectivity index (χ4n) is 3.55. The average molecular weight is 462 g/mol. The van der Waals surface area contributed by atoms with Crippen molar-refractivity contribution in [2.24, 2.45) is 0 Å². The predicted molar refractivity (Wildman–Crippen MR) is 120 cm³/mol.